The van der Waals surface area contributed by atoms with Gasteiger partial charge in [0.05, 0.1) is 18.8 Å². The summed E-state index contributed by atoms with van der Waals surface area (Å²) in [5.74, 6) is -2.93. The maximum atomic E-state index is 11.4. The van der Waals surface area contributed by atoms with E-state index in [2.05, 4.69) is 5.32 Å². The van der Waals surface area contributed by atoms with Crippen molar-refractivity contribution in [3.05, 3.63) is 0 Å². The number of aliphatic carboxylic acids is 1. The summed E-state index contributed by atoms with van der Waals surface area (Å²) in [5, 5.41) is 31.1. The highest BCUT2D eigenvalue weighted by Gasteiger charge is 2.25. The molecule has 2 amide bonds. The minimum Gasteiger partial charge on any atom is -0.480 e. The number of nitrogens with two attached hydrogens (primary N) is 1. The van der Waals surface area contributed by atoms with Crippen LogP contribution in [0.5, 0.6) is 0 Å². The molecule has 0 saturated carbocycles. The third-order valence-corrected chi connectivity index (χ3v) is 2.31. The second-order valence-corrected chi connectivity index (χ2v) is 4.11. The van der Waals surface area contributed by atoms with Gasteiger partial charge in [-0.1, -0.05) is 0 Å². The lowest BCUT2D eigenvalue weighted by Crippen LogP contribution is -2.53. The Labute approximate surface area is 109 Å². The van der Waals surface area contributed by atoms with Gasteiger partial charge in [-0.05, 0) is 13.8 Å². The molecule has 110 valence electrons. The monoisotopic (exact) mass is 277 g/mol. The zero-order valence-electron chi connectivity index (χ0n) is 10.7. The third-order valence-electron chi connectivity index (χ3n) is 2.31. The number of hydrogen-bond acceptors (Lipinski definition) is 6. The van der Waals surface area contributed by atoms with E-state index in [-0.39, 0.29) is 0 Å². The van der Waals surface area contributed by atoms with Gasteiger partial charge in [-0.2, -0.15) is 0 Å². The molecule has 0 bridgehead atoms. The molecule has 0 aromatic heterocycles. The normalized spacial score (nSPS) is 16.9. The van der Waals surface area contributed by atoms with E-state index in [9.17, 15) is 14.4 Å². The number of aliphatic hydroxyl groups is 2. The third kappa shape index (κ3) is 6.13. The summed E-state index contributed by atoms with van der Waals surface area (Å²) in [6, 6.07) is -2.64. The zero-order valence-corrected chi connectivity index (χ0v) is 10.7. The van der Waals surface area contributed by atoms with Gasteiger partial charge in [0.2, 0.25) is 11.8 Å². The van der Waals surface area contributed by atoms with Gasteiger partial charge in [0.25, 0.3) is 0 Å². The first kappa shape index (κ1) is 17.3. The van der Waals surface area contributed by atoms with Crippen LogP contribution < -0.4 is 16.4 Å². The maximum absolute atomic E-state index is 11.4. The van der Waals surface area contributed by atoms with Crippen LogP contribution in [0.1, 0.15) is 13.8 Å². The van der Waals surface area contributed by atoms with Crippen LogP contribution in [0.2, 0.25) is 0 Å². The summed E-state index contributed by atoms with van der Waals surface area (Å²) in [6.07, 6.45) is -2.36. The Morgan fingerprint density at radius 1 is 1.16 bits per heavy atom. The predicted molar refractivity (Wildman–Crippen MR) is 63.9 cm³/mol. The van der Waals surface area contributed by atoms with E-state index in [0.717, 1.165) is 0 Å². The van der Waals surface area contributed by atoms with E-state index in [1.807, 2.05) is 5.32 Å². The lowest BCUT2D eigenvalue weighted by molar-refractivity contribution is -0.144. The van der Waals surface area contributed by atoms with Crippen molar-refractivity contribution in [3.63, 3.8) is 0 Å². The molecule has 0 spiro atoms. The number of carboxylic acid groups (broad SMARTS) is 1. The van der Waals surface area contributed by atoms with E-state index in [4.69, 9.17) is 21.1 Å². The fourth-order valence-electron chi connectivity index (χ4n) is 1.12. The molecular weight excluding hydrogens is 258 g/mol. The van der Waals surface area contributed by atoms with E-state index in [0.29, 0.717) is 0 Å². The van der Waals surface area contributed by atoms with Crippen LogP contribution in [-0.4, -0.2) is 63.9 Å². The quantitative estimate of drug-likeness (QED) is 0.285. The minimum atomic E-state index is -1.46. The molecule has 0 aromatic carbocycles. The highest BCUT2D eigenvalue weighted by molar-refractivity contribution is 5.89. The molecule has 4 atom stereocenters. The Kier molecular flexibility index (Phi) is 6.98. The van der Waals surface area contributed by atoms with Crippen LogP contribution >= 0.6 is 0 Å². The van der Waals surface area contributed by atoms with Crippen LogP contribution in [0.25, 0.3) is 0 Å². The van der Waals surface area contributed by atoms with Crippen molar-refractivity contribution in [2.75, 3.05) is 6.54 Å². The molecule has 9 nitrogen and oxygen atoms in total. The molecular formula is C10H19N3O6. The first-order chi connectivity index (χ1) is 8.66. The molecule has 0 heterocycles. The summed E-state index contributed by atoms with van der Waals surface area (Å²) in [5.41, 5.74) is 5.32. The molecule has 0 aliphatic rings. The summed E-state index contributed by atoms with van der Waals surface area (Å²) in [7, 11) is 0. The number of nitrogens with one attached hydrogen (secondary N) is 2. The van der Waals surface area contributed by atoms with Crippen molar-refractivity contribution in [2.45, 2.75) is 38.1 Å². The standard InChI is InChI=1S/C10H19N3O6/c1-4(14)7(11)9(17)12-3-6(16)13-8(5(2)15)10(18)19/h4-5,7-8,14-15H,3,11H2,1-2H3,(H,12,17)(H,13,16)(H,18,19). The van der Waals surface area contributed by atoms with Gasteiger partial charge in [0.1, 0.15) is 6.04 Å². The van der Waals surface area contributed by atoms with Gasteiger partial charge in [-0.25, -0.2) is 4.79 Å². The van der Waals surface area contributed by atoms with E-state index < -0.39 is 48.6 Å². The Morgan fingerprint density at radius 2 is 1.68 bits per heavy atom. The number of rotatable bonds is 7. The van der Waals surface area contributed by atoms with Gasteiger partial charge >= 0.3 is 5.97 Å². The van der Waals surface area contributed by atoms with Crippen molar-refractivity contribution in [1.82, 2.24) is 10.6 Å². The topological polar surface area (TPSA) is 162 Å². The van der Waals surface area contributed by atoms with E-state index >= 15 is 0 Å². The number of amides is 2. The van der Waals surface area contributed by atoms with E-state index in [1.54, 1.807) is 0 Å². The lowest BCUT2D eigenvalue weighted by atomic mass is 10.2. The molecule has 19 heavy (non-hydrogen) atoms. The molecule has 0 saturated heterocycles. The zero-order chi connectivity index (χ0) is 15.2. The lowest BCUT2D eigenvalue weighted by Gasteiger charge is -2.18. The van der Waals surface area contributed by atoms with Crippen molar-refractivity contribution >= 4 is 17.8 Å². The largest absolute Gasteiger partial charge is 0.480 e. The fraction of sp³-hybridized carbons (Fsp3) is 0.700. The molecule has 0 aromatic rings. The molecule has 0 radical (unpaired) electrons. The summed E-state index contributed by atoms with van der Waals surface area (Å²) in [6.45, 7) is 2.02. The fourth-order valence-corrected chi connectivity index (χ4v) is 1.12. The smallest absolute Gasteiger partial charge is 0.328 e. The van der Waals surface area contributed by atoms with E-state index in [1.165, 1.54) is 13.8 Å². The Morgan fingerprint density at radius 3 is 2.05 bits per heavy atom. The number of aliphatic hydroxyl groups excluding tert-OH is 2. The van der Waals surface area contributed by atoms with Crippen LogP contribution in [0.15, 0.2) is 0 Å². The molecule has 0 aliphatic carbocycles. The first-order valence-corrected chi connectivity index (χ1v) is 5.58. The highest BCUT2D eigenvalue weighted by atomic mass is 16.4. The molecule has 0 rings (SSSR count). The molecule has 9 heteroatoms. The summed E-state index contributed by atoms with van der Waals surface area (Å²) >= 11 is 0. The second-order valence-electron chi connectivity index (χ2n) is 4.11. The minimum absolute atomic E-state index is 0.504. The van der Waals surface area contributed by atoms with Gasteiger partial charge in [0.15, 0.2) is 6.04 Å². The van der Waals surface area contributed by atoms with Crippen LogP contribution in [-0.2, 0) is 14.4 Å². The van der Waals surface area contributed by atoms with Crippen molar-refractivity contribution in [3.8, 4) is 0 Å². The summed E-state index contributed by atoms with van der Waals surface area (Å²) in [4.78, 5) is 33.4. The summed E-state index contributed by atoms with van der Waals surface area (Å²) < 4.78 is 0. The first-order valence-electron chi connectivity index (χ1n) is 5.58. The average molecular weight is 277 g/mol. The Hall–Kier alpha value is -1.71. The van der Waals surface area contributed by atoms with Crippen molar-refractivity contribution < 1.29 is 29.7 Å². The Bertz CT molecular complexity index is 344. The van der Waals surface area contributed by atoms with Crippen LogP contribution in [0, 0.1) is 0 Å². The maximum Gasteiger partial charge on any atom is 0.328 e. The SMILES string of the molecule is CC(O)C(N)C(=O)NCC(=O)NC(C(=O)O)C(C)O. The number of carbonyl (C=O) groups is 3. The number of carboxylic acids is 1. The van der Waals surface area contributed by atoms with Gasteiger partial charge in [0, 0.05) is 0 Å². The van der Waals surface area contributed by atoms with Crippen molar-refractivity contribution in [1.29, 1.82) is 0 Å². The highest BCUT2D eigenvalue weighted by Crippen LogP contribution is 1.93. The van der Waals surface area contributed by atoms with Crippen molar-refractivity contribution in [2.24, 2.45) is 5.73 Å². The van der Waals surface area contributed by atoms with Gasteiger partial charge < -0.3 is 31.7 Å². The second kappa shape index (κ2) is 7.67. The molecule has 0 aliphatic heterocycles. The average Bonchev–Trinajstić information content (AvgIpc) is 2.30. The predicted octanol–water partition coefficient (Wildman–Crippen LogP) is -3.24. The molecule has 7 N–H and O–H groups in total. The van der Waals surface area contributed by atoms with Gasteiger partial charge in [-0.15, -0.1) is 0 Å². The van der Waals surface area contributed by atoms with Gasteiger partial charge in [-0.3, -0.25) is 9.59 Å². The Balaban J connectivity index is 4.26. The number of hydrogen-bond donors (Lipinski definition) is 6. The van der Waals surface area contributed by atoms with Crippen LogP contribution in [0.4, 0.5) is 0 Å². The molecule has 0 fully saturated rings. The molecule has 4 unspecified atom stereocenters. The van der Waals surface area contributed by atoms with Crippen LogP contribution in [0.3, 0.4) is 0 Å². The number of carbonyl (C=O) groups excluding carboxylic acids is 2.